The van der Waals surface area contributed by atoms with Crippen molar-refractivity contribution in [2.24, 2.45) is 0 Å². The van der Waals surface area contributed by atoms with Crippen LogP contribution in [0.2, 0.25) is 0 Å². The first-order valence-electron chi connectivity index (χ1n) is 10.1. The normalized spacial score (nSPS) is 17.6. The van der Waals surface area contributed by atoms with Crippen molar-refractivity contribution in [3.63, 3.8) is 0 Å². The van der Waals surface area contributed by atoms with E-state index >= 15 is 0 Å². The van der Waals surface area contributed by atoms with E-state index in [4.69, 9.17) is 0 Å². The molecule has 2 aromatic rings. The summed E-state index contributed by atoms with van der Waals surface area (Å²) >= 11 is 0.778. The smallest absolute Gasteiger partial charge is 0.293 e. The van der Waals surface area contributed by atoms with E-state index in [1.54, 1.807) is 0 Å². The predicted octanol–water partition coefficient (Wildman–Crippen LogP) is 2.73. The molecule has 2 aliphatic rings. The van der Waals surface area contributed by atoms with Crippen LogP contribution in [0, 0.1) is 5.82 Å². The Labute approximate surface area is 194 Å². The number of carbonyl (C=O) groups excluding carboxylic acids is 3. The summed E-state index contributed by atoms with van der Waals surface area (Å²) in [6.07, 6.45) is 3.16. The third kappa shape index (κ3) is 5.67. The van der Waals surface area contributed by atoms with E-state index in [0.29, 0.717) is 5.56 Å². The molecule has 0 bridgehead atoms. The molecule has 8 nitrogen and oxygen atoms in total. The maximum absolute atomic E-state index is 13.0. The quantitative estimate of drug-likeness (QED) is 0.552. The van der Waals surface area contributed by atoms with Crippen LogP contribution in [0.1, 0.15) is 28.8 Å². The van der Waals surface area contributed by atoms with Crippen LogP contribution in [0.4, 0.5) is 9.18 Å². The Balaban J connectivity index is 1.31. The Hall–Kier alpha value is -3.02. The minimum atomic E-state index is -3.60. The van der Waals surface area contributed by atoms with Crippen LogP contribution in [-0.4, -0.2) is 49.5 Å². The van der Waals surface area contributed by atoms with Crippen molar-refractivity contribution in [1.29, 1.82) is 0 Å². The number of thioether (sulfide) groups is 1. The molecule has 2 N–H and O–H groups in total. The number of benzene rings is 2. The number of imide groups is 1. The number of amides is 3. The van der Waals surface area contributed by atoms with Gasteiger partial charge in [0.15, 0.2) is 0 Å². The highest BCUT2D eigenvalue weighted by molar-refractivity contribution is 8.18. The highest BCUT2D eigenvalue weighted by atomic mass is 32.2. The molecule has 1 heterocycles. The second kappa shape index (κ2) is 9.46. The molecule has 33 heavy (non-hydrogen) atoms. The lowest BCUT2D eigenvalue weighted by Gasteiger charge is -2.13. The average Bonchev–Trinajstić information content (AvgIpc) is 3.55. The van der Waals surface area contributed by atoms with Gasteiger partial charge in [-0.25, -0.2) is 17.5 Å². The van der Waals surface area contributed by atoms with Crippen LogP contribution in [-0.2, 0) is 14.8 Å². The average molecular weight is 490 g/mol. The number of carbonyl (C=O) groups is 3. The first kappa shape index (κ1) is 23.1. The number of sulfonamides is 1. The van der Waals surface area contributed by atoms with Crippen LogP contribution in [0.15, 0.2) is 58.3 Å². The van der Waals surface area contributed by atoms with Gasteiger partial charge in [0.2, 0.25) is 10.0 Å². The van der Waals surface area contributed by atoms with Gasteiger partial charge in [0.25, 0.3) is 17.1 Å². The Morgan fingerprint density at radius 2 is 1.76 bits per heavy atom. The van der Waals surface area contributed by atoms with E-state index in [1.165, 1.54) is 54.6 Å². The third-order valence-electron chi connectivity index (χ3n) is 4.99. The second-order valence-electron chi connectivity index (χ2n) is 7.56. The van der Waals surface area contributed by atoms with Crippen molar-refractivity contribution in [3.05, 3.63) is 70.4 Å². The standard InChI is InChI=1S/C22H20FN3O5S2/c23-16-5-1-14(2-6-16)13-19-21(28)26(22(29)32-19)12-11-24-20(27)15-3-9-18(10-4-15)33(30,31)25-17-7-8-17/h1-6,9-10,13,17,25H,7-8,11-12H2,(H,24,27)/b19-13-. The molecule has 0 radical (unpaired) electrons. The fourth-order valence-corrected chi connectivity index (χ4v) is 5.23. The van der Waals surface area contributed by atoms with Crippen molar-refractivity contribution in [1.82, 2.24) is 14.9 Å². The number of hydrogen-bond acceptors (Lipinski definition) is 6. The van der Waals surface area contributed by atoms with Crippen LogP contribution in [0.5, 0.6) is 0 Å². The van der Waals surface area contributed by atoms with Crippen LogP contribution in [0.3, 0.4) is 0 Å². The van der Waals surface area contributed by atoms with Crippen molar-refractivity contribution < 1.29 is 27.2 Å². The fraction of sp³-hybridized carbons (Fsp3) is 0.227. The zero-order chi connectivity index (χ0) is 23.6. The minimum Gasteiger partial charge on any atom is -0.350 e. The minimum absolute atomic E-state index is 0.0156. The Morgan fingerprint density at radius 1 is 1.09 bits per heavy atom. The number of rotatable bonds is 8. The Bertz CT molecular complexity index is 1220. The molecule has 172 valence electrons. The molecule has 2 aromatic carbocycles. The molecule has 2 fully saturated rings. The van der Waals surface area contributed by atoms with Gasteiger partial charge < -0.3 is 5.32 Å². The van der Waals surface area contributed by atoms with Gasteiger partial charge in [-0.05, 0) is 72.6 Å². The molecule has 4 rings (SSSR count). The van der Waals surface area contributed by atoms with Gasteiger partial charge in [-0.3, -0.25) is 19.3 Å². The van der Waals surface area contributed by atoms with Gasteiger partial charge >= 0.3 is 0 Å². The molecule has 1 saturated heterocycles. The number of nitrogens with one attached hydrogen (secondary N) is 2. The van der Waals surface area contributed by atoms with Gasteiger partial charge in [-0.15, -0.1) is 0 Å². The molecule has 0 aromatic heterocycles. The van der Waals surface area contributed by atoms with E-state index in [-0.39, 0.29) is 34.5 Å². The molecule has 0 atom stereocenters. The Kier molecular flexibility index (Phi) is 6.63. The molecule has 11 heteroatoms. The summed E-state index contributed by atoms with van der Waals surface area (Å²) in [5.74, 6) is -1.34. The molecular formula is C22H20FN3O5S2. The topological polar surface area (TPSA) is 113 Å². The number of hydrogen-bond donors (Lipinski definition) is 2. The first-order chi connectivity index (χ1) is 15.7. The van der Waals surface area contributed by atoms with Gasteiger partial charge in [0.05, 0.1) is 9.80 Å². The van der Waals surface area contributed by atoms with E-state index in [2.05, 4.69) is 10.0 Å². The lowest BCUT2D eigenvalue weighted by atomic mass is 10.2. The van der Waals surface area contributed by atoms with Crippen LogP contribution >= 0.6 is 11.8 Å². The zero-order valence-electron chi connectivity index (χ0n) is 17.3. The van der Waals surface area contributed by atoms with E-state index < -0.39 is 32.9 Å². The molecule has 1 saturated carbocycles. The molecule has 0 spiro atoms. The number of halogens is 1. The van der Waals surface area contributed by atoms with Gasteiger partial charge in [0.1, 0.15) is 5.82 Å². The van der Waals surface area contributed by atoms with E-state index in [9.17, 15) is 27.2 Å². The van der Waals surface area contributed by atoms with Crippen molar-refractivity contribution in [2.45, 2.75) is 23.8 Å². The Morgan fingerprint density at radius 3 is 2.39 bits per heavy atom. The van der Waals surface area contributed by atoms with Crippen LogP contribution < -0.4 is 10.0 Å². The third-order valence-corrected chi connectivity index (χ3v) is 7.43. The summed E-state index contributed by atoms with van der Waals surface area (Å²) in [5.41, 5.74) is 0.846. The maximum atomic E-state index is 13.0. The van der Waals surface area contributed by atoms with Crippen molar-refractivity contribution in [3.8, 4) is 0 Å². The summed E-state index contributed by atoms with van der Waals surface area (Å²) in [6.45, 7) is 0.0128. The number of nitrogens with zero attached hydrogens (tertiary/aromatic N) is 1. The van der Waals surface area contributed by atoms with Gasteiger partial charge in [-0.2, -0.15) is 0 Å². The van der Waals surface area contributed by atoms with Gasteiger partial charge in [-0.1, -0.05) is 12.1 Å². The SMILES string of the molecule is O=C(NCCN1C(=O)S/C(=C\c2ccc(F)cc2)C1=O)c1ccc(S(=O)(=O)NC2CC2)cc1. The zero-order valence-corrected chi connectivity index (χ0v) is 18.9. The molecular weight excluding hydrogens is 469 g/mol. The summed E-state index contributed by atoms with van der Waals surface area (Å²) in [6, 6.07) is 11.0. The highest BCUT2D eigenvalue weighted by Crippen LogP contribution is 2.31. The van der Waals surface area contributed by atoms with Gasteiger partial charge in [0, 0.05) is 24.7 Å². The molecule has 3 amide bonds. The molecule has 1 aliphatic carbocycles. The summed E-state index contributed by atoms with van der Waals surface area (Å²) < 4.78 is 40.0. The van der Waals surface area contributed by atoms with E-state index in [1.807, 2.05) is 0 Å². The first-order valence-corrected chi connectivity index (χ1v) is 12.4. The molecule has 1 aliphatic heterocycles. The van der Waals surface area contributed by atoms with Crippen LogP contribution in [0.25, 0.3) is 6.08 Å². The maximum Gasteiger partial charge on any atom is 0.293 e. The van der Waals surface area contributed by atoms with Crippen molar-refractivity contribution in [2.75, 3.05) is 13.1 Å². The largest absolute Gasteiger partial charge is 0.350 e. The lowest BCUT2D eigenvalue weighted by molar-refractivity contribution is -0.122. The molecule has 0 unspecified atom stereocenters. The summed E-state index contributed by atoms with van der Waals surface area (Å²) in [5, 5.41) is 2.16. The summed E-state index contributed by atoms with van der Waals surface area (Å²) in [4.78, 5) is 38.4. The lowest BCUT2D eigenvalue weighted by Crippen LogP contribution is -2.37. The highest BCUT2D eigenvalue weighted by Gasteiger charge is 2.34. The van der Waals surface area contributed by atoms with E-state index in [0.717, 1.165) is 29.5 Å². The second-order valence-corrected chi connectivity index (χ2v) is 10.3. The van der Waals surface area contributed by atoms with Crippen molar-refractivity contribution >= 4 is 44.9 Å². The summed E-state index contributed by atoms with van der Waals surface area (Å²) in [7, 11) is -3.60. The predicted molar refractivity (Wildman–Crippen MR) is 121 cm³/mol. The monoisotopic (exact) mass is 489 g/mol. The fourth-order valence-electron chi connectivity index (χ4n) is 3.06.